The molecule has 0 N–H and O–H groups in total. The predicted molar refractivity (Wildman–Crippen MR) is 159 cm³/mol. The van der Waals surface area contributed by atoms with Crippen LogP contribution in [0.5, 0.6) is 0 Å². The van der Waals surface area contributed by atoms with Crippen LogP contribution in [0.1, 0.15) is 182 Å². The summed E-state index contributed by atoms with van der Waals surface area (Å²) in [5, 5.41) is 0. The van der Waals surface area contributed by atoms with Gasteiger partial charge in [0.25, 0.3) is 5.97 Å². The standard InChI is InChI=1S/C33H68O3/c1-6-11-13-15-17-18-19-20-21-22-23-24-25-27-29-31-32(30-28-26-16-14-12-7-2)33(34-8-3,35-9-4)36-10-5/h32H,6-31H2,1-5H3. The second-order valence-electron chi connectivity index (χ2n) is 10.9. The van der Waals surface area contributed by atoms with E-state index >= 15 is 0 Å². The van der Waals surface area contributed by atoms with Gasteiger partial charge in [-0.25, -0.2) is 0 Å². The van der Waals surface area contributed by atoms with Gasteiger partial charge in [0.1, 0.15) is 0 Å². The van der Waals surface area contributed by atoms with E-state index in [4.69, 9.17) is 14.2 Å². The van der Waals surface area contributed by atoms with Crippen LogP contribution in [-0.4, -0.2) is 25.8 Å². The third-order valence-electron chi connectivity index (χ3n) is 7.60. The van der Waals surface area contributed by atoms with Crippen LogP contribution in [0.25, 0.3) is 0 Å². The van der Waals surface area contributed by atoms with Crippen LogP contribution in [0.4, 0.5) is 0 Å². The van der Waals surface area contributed by atoms with E-state index in [9.17, 15) is 0 Å². The second kappa shape index (κ2) is 27.9. The van der Waals surface area contributed by atoms with Crippen molar-refractivity contribution in [2.45, 2.75) is 188 Å². The van der Waals surface area contributed by atoms with Gasteiger partial charge in [0, 0.05) is 25.7 Å². The van der Waals surface area contributed by atoms with Crippen molar-refractivity contribution in [2.24, 2.45) is 5.92 Å². The molecule has 1 unspecified atom stereocenters. The van der Waals surface area contributed by atoms with Crippen molar-refractivity contribution < 1.29 is 14.2 Å². The first kappa shape index (κ1) is 35.9. The van der Waals surface area contributed by atoms with Gasteiger partial charge in [-0.2, -0.15) is 0 Å². The quantitative estimate of drug-likeness (QED) is 0.0707. The fraction of sp³-hybridized carbons (Fsp3) is 1.00. The van der Waals surface area contributed by atoms with Gasteiger partial charge in [0.2, 0.25) is 0 Å². The molecular weight excluding hydrogens is 444 g/mol. The maximum absolute atomic E-state index is 6.20. The molecule has 0 aliphatic rings. The molecule has 0 aromatic carbocycles. The Morgan fingerprint density at radius 3 is 0.861 bits per heavy atom. The monoisotopic (exact) mass is 513 g/mol. The van der Waals surface area contributed by atoms with Crippen LogP contribution in [0.3, 0.4) is 0 Å². The van der Waals surface area contributed by atoms with E-state index in [0.29, 0.717) is 25.7 Å². The van der Waals surface area contributed by atoms with E-state index < -0.39 is 5.97 Å². The van der Waals surface area contributed by atoms with Gasteiger partial charge >= 0.3 is 0 Å². The van der Waals surface area contributed by atoms with Gasteiger partial charge in [0.15, 0.2) is 0 Å². The minimum absolute atomic E-state index is 0.325. The van der Waals surface area contributed by atoms with Crippen molar-refractivity contribution >= 4 is 0 Å². The summed E-state index contributed by atoms with van der Waals surface area (Å²) in [6, 6.07) is 0. The molecule has 0 bridgehead atoms. The summed E-state index contributed by atoms with van der Waals surface area (Å²) in [7, 11) is 0. The summed E-state index contributed by atoms with van der Waals surface area (Å²) >= 11 is 0. The maximum Gasteiger partial charge on any atom is 0.285 e. The Hall–Kier alpha value is -0.120. The summed E-state index contributed by atoms with van der Waals surface area (Å²) in [4.78, 5) is 0. The van der Waals surface area contributed by atoms with Gasteiger partial charge in [-0.15, -0.1) is 0 Å². The fourth-order valence-electron chi connectivity index (χ4n) is 5.51. The number of ether oxygens (including phenoxy) is 3. The summed E-state index contributed by atoms with van der Waals surface area (Å²) in [6.07, 6.45) is 31.4. The molecule has 0 aromatic heterocycles. The lowest BCUT2D eigenvalue weighted by Gasteiger charge is -2.39. The molecule has 3 heteroatoms. The highest BCUT2D eigenvalue weighted by atomic mass is 16.9. The smallest absolute Gasteiger partial charge is 0.285 e. The normalized spacial score (nSPS) is 12.9. The van der Waals surface area contributed by atoms with Crippen molar-refractivity contribution in [3.05, 3.63) is 0 Å². The Balaban J connectivity index is 4.21. The largest absolute Gasteiger partial charge is 0.328 e. The minimum Gasteiger partial charge on any atom is -0.328 e. The highest BCUT2D eigenvalue weighted by Crippen LogP contribution is 2.34. The molecule has 0 spiro atoms. The molecule has 36 heavy (non-hydrogen) atoms. The Labute approximate surface area is 228 Å². The van der Waals surface area contributed by atoms with E-state index in [-0.39, 0.29) is 0 Å². The maximum atomic E-state index is 6.20. The molecule has 0 amide bonds. The summed E-state index contributed by atoms with van der Waals surface area (Å²) < 4.78 is 18.6. The molecule has 0 aromatic rings. The summed E-state index contributed by atoms with van der Waals surface area (Å²) in [5.41, 5.74) is 0. The first-order valence-electron chi connectivity index (χ1n) is 16.6. The Kier molecular flexibility index (Phi) is 27.8. The third kappa shape index (κ3) is 19.9. The minimum atomic E-state index is -0.850. The number of hydrogen-bond donors (Lipinski definition) is 0. The number of rotatable bonds is 30. The van der Waals surface area contributed by atoms with Gasteiger partial charge in [-0.05, 0) is 33.6 Å². The van der Waals surface area contributed by atoms with Crippen molar-refractivity contribution in [3.8, 4) is 0 Å². The van der Waals surface area contributed by atoms with Crippen LogP contribution >= 0.6 is 0 Å². The molecule has 0 rings (SSSR count). The summed E-state index contributed by atoms with van der Waals surface area (Å²) in [6.45, 7) is 12.6. The Morgan fingerprint density at radius 2 is 0.611 bits per heavy atom. The molecule has 3 nitrogen and oxygen atoms in total. The van der Waals surface area contributed by atoms with E-state index in [2.05, 4.69) is 34.6 Å². The average Bonchev–Trinajstić information content (AvgIpc) is 2.87. The van der Waals surface area contributed by atoms with Crippen LogP contribution in [0.15, 0.2) is 0 Å². The van der Waals surface area contributed by atoms with E-state index in [1.165, 1.54) is 135 Å². The second-order valence-corrected chi connectivity index (χ2v) is 10.9. The highest BCUT2D eigenvalue weighted by Gasteiger charge is 2.41. The molecule has 0 aliphatic heterocycles. The molecule has 0 radical (unpaired) electrons. The highest BCUT2D eigenvalue weighted by molar-refractivity contribution is 4.73. The SMILES string of the molecule is CCCCCCCCCCCCCCCCCC(CCCCCCCC)C(OCC)(OCC)OCC. The van der Waals surface area contributed by atoms with Gasteiger partial charge in [-0.3, -0.25) is 0 Å². The van der Waals surface area contributed by atoms with Crippen LogP contribution in [0.2, 0.25) is 0 Å². The zero-order chi connectivity index (χ0) is 26.6. The molecule has 0 aliphatic carbocycles. The average molecular weight is 513 g/mol. The van der Waals surface area contributed by atoms with Crippen molar-refractivity contribution in [3.63, 3.8) is 0 Å². The topological polar surface area (TPSA) is 27.7 Å². The number of hydrogen-bond acceptors (Lipinski definition) is 3. The molecule has 0 saturated heterocycles. The van der Waals surface area contributed by atoms with E-state index in [1.807, 2.05) is 0 Å². The zero-order valence-corrected chi connectivity index (χ0v) is 25.7. The Bertz CT molecular complexity index is 395. The molecule has 1 atom stereocenters. The first-order chi connectivity index (χ1) is 17.7. The van der Waals surface area contributed by atoms with Crippen molar-refractivity contribution in [1.82, 2.24) is 0 Å². The lowest BCUT2D eigenvalue weighted by molar-refractivity contribution is -0.403. The lowest BCUT2D eigenvalue weighted by atomic mass is 9.91. The van der Waals surface area contributed by atoms with Gasteiger partial charge < -0.3 is 14.2 Å². The van der Waals surface area contributed by atoms with Gasteiger partial charge in [0.05, 0.1) is 0 Å². The summed E-state index contributed by atoms with van der Waals surface area (Å²) in [5.74, 6) is -0.525. The van der Waals surface area contributed by atoms with Gasteiger partial charge in [-0.1, -0.05) is 149 Å². The van der Waals surface area contributed by atoms with Crippen LogP contribution in [-0.2, 0) is 14.2 Å². The molecule has 0 heterocycles. The van der Waals surface area contributed by atoms with E-state index in [1.54, 1.807) is 0 Å². The molecule has 0 fully saturated rings. The lowest BCUT2D eigenvalue weighted by Crippen LogP contribution is -2.46. The van der Waals surface area contributed by atoms with Crippen molar-refractivity contribution in [2.75, 3.05) is 19.8 Å². The van der Waals surface area contributed by atoms with Crippen LogP contribution < -0.4 is 0 Å². The van der Waals surface area contributed by atoms with Crippen LogP contribution in [0, 0.1) is 5.92 Å². The molecular formula is C33H68O3. The van der Waals surface area contributed by atoms with E-state index in [0.717, 1.165) is 12.8 Å². The first-order valence-corrected chi connectivity index (χ1v) is 16.6. The molecule has 0 saturated carbocycles. The zero-order valence-electron chi connectivity index (χ0n) is 25.7. The number of unbranched alkanes of at least 4 members (excludes halogenated alkanes) is 19. The van der Waals surface area contributed by atoms with Crippen molar-refractivity contribution in [1.29, 1.82) is 0 Å². The molecule has 218 valence electrons. The Morgan fingerprint density at radius 1 is 0.361 bits per heavy atom. The predicted octanol–water partition coefficient (Wildman–Crippen LogP) is 11.4. The third-order valence-corrected chi connectivity index (χ3v) is 7.60. The fourth-order valence-corrected chi connectivity index (χ4v) is 5.51.